The highest BCUT2D eigenvalue weighted by molar-refractivity contribution is 6.30. The van der Waals surface area contributed by atoms with E-state index in [1.54, 1.807) is 36.1 Å². The summed E-state index contributed by atoms with van der Waals surface area (Å²) in [7, 11) is 0. The number of nitrogens with one attached hydrogen (secondary N) is 1. The first-order valence-corrected chi connectivity index (χ1v) is 7.78. The van der Waals surface area contributed by atoms with E-state index in [9.17, 15) is 9.59 Å². The van der Waals surface area contributed by atoms with Gasteiger partial charge in [0.2, 0.25) is 5.91 Å². The zero-order valence-electron chi connectivity index (χ0n) is 11.8. The molecule has 0 aromatic heterocycles. The number of amides is 2. The molecule has 1 aliphatic rings. The zero-order valence-corrected chi connectivity index (χ0v) is 13.3. The molecule has 1 aliphatic heterocycles. The SMILES string of the molecule is CC(Cl)C(=O)N1CCC(NC(=O)c2ccc(Cl)cc2)CC1. The van der Waals surface area contributed by atoms with Gasteiger partial charge in [-0.1, -0.05) is 11.6 Å². The van der Waals surface area contributed by atoms with Crippen molar-refractivity contribution in [1.82, 2.24) is 10.2 Å². The van der Waals surface area contributed by atoms with Gasteiger partial charge in [0.1, 0.15) is 5.38 Å². The van der Waals surface area contributed by atoms with Crippen molar-refractivity contribution in [2.45, 2.75) is 31.2 Å². The fourth-order valence-electron chi connectivity index (χ4n) is 2.37. The number of piperidine rings is 1. The smallest absolute Gasteiger partial charge is 0.251 e. The van der Waals surface area contributed by atoms with Gasteiger partial charge in [-0.25, -0.2) is 0 Å². The second kappa shape index (κ2) is 7.14. The van der Waals surface area contributed by atoms with Crippen molar-refractivity contribution in [3.05, 3.63) is 34.9 Å². The van der Waals surface area contributed by atoms with E-state index in [2.05, 4.69) is 5.32 Å². The Morgan fingerprint density at radius 3 is 2.33 bits per heavy atom. The van der Waals surface area contributed by atoms with Gasteiger partial charge in [-0.05, 0) is 44.0 Å². The summed E-state index contributed by atoms with van der Waals surface area (Å²) in [4.78, 5) is 25.6. The minimum Gasteiger partial charge on any atom is -0.349 e. The van der Waals surface area contributed by atoms with E-state index in [0.29, 0.717) is 23.7 Å². The minimum absolute atomic E-state index is 0.0425. The summed E-state index contributed by atoms with van der Waals surface area (Å²) >= 11 is 11.6. The van der Waals surface area contributed by atoms with Gasteiger partial charge < -0.3 is 10.2 Å². The van der Waals surface area contributed by atoms with Crippen LogP contribution in [0, 0.1) is 0 Å². The predicted octanol–water partition coefficient (Wildman–Crippen LogP) is 2.69. The van der Waals surface area contributed by atoms with Crippen LogP contribution in [0.5, 0.6) is 0 Å². The highest BCUT2D eigenvalue weighted by atomic mass is 35.5. The fraction of sp³-hybridized carbons (Fsp3) is 0.467. The first-order valence-electron chi connectivity index (χ1n) is 6.96. The molecule has 1 atom stereocenters. The van der Waals surface area contributed by atoms with Gasteiger partial charge in [0, 0.05) is 29.7 Å². The van der Waals surface area contributed by atoms with Crippen molar-refractivity contribution in [3.63, 3.8) is 0 Å². The molecule has 0 aliphatic carbocycles. The van der Waals surface area contributed by atoms with Gasteiger partial charge in [0.25, 0.3) is 5.91 Å². The molecular formula is C15H18Cl2N2O2. The van der Waals surface area contributed by atoms with Crippen LogP contribution < -0.4 is 5.32 Å². The highest BCUT2D eigenvalue weighted by Crippen LogP contribution is 2.14. The van der Waals surface area contributed by atoms with E-state index in [0.717, 1.165) is 12.8 Å². The highest BCUT2D eigenvalue weighted by Gasteiger charge is 2.25. The molecule has 6 heteroatoms. The maximum absolute atomic E-state index is 12.1. The number of alkyl halides is 1. The Kier molecular flexibility index (Phi) is 5.48. The summed E-state index contributed by atoms with van der Waals surface area (Å²) < 4.78 is 0. The fourth-order valence-corrected chi connectivity index (χ4v) is 2.63. The van der Waals surface area contributed by atoms with Crippen molar-refractivity contribution in [2.24, 2.45) is 0 Å². The van der Waals surface area contributed by atoms with Crippen LogP contribution in [-0.4, -0.2) is 41.2 Å². The van der Waals surface area contributed by atoms with Crippen LogP contribution in [0.1, 0.15) is 30.1 Å². The van der Waals surface area contributed by atoms with Crippen LogP contribution in [0.3, 0.4) is 0 Å². The Morgan fingerprint density at radius 1 is 1.24 bits per heavy atom. The molecule has 2 amide bonds. The van der Waals surface area contributed by atoms with Crippen molar-refractivity contribution < 1.29 is 9.59 Å². The monoisotopic (exact) mass is 328 g/mol. The van der Waals surface area contributed by atoms with Crippen molar-refractivity contribution in [1.29, 1.82) is 0 Å². The predicted molar refractivity (Wildman–Crippen MR) is 83.8 cm³/mol. The molecule has 1 aromatic rings. The number of halogens is 2. The third-order valence-electron chi connectivity index (χ3n) is 3.59. The van der Waals surface area contributed by atoms with Crippen LogP contribution in [0.25, 0.3) is 0 Å². The molecule has 0 spiro atoms. The first-order chi connectivity index (χ1) is 9.97. The second-order valence-electron chi connectivity index (χ2n) is 5.20. The third kappa shape index (κ3) is 4.35. The average molecular weight is 329 g/mol. The Labute approximate surface area is 134 Å². The lowest BCUT2D eigenvalue weighted by Crippen LogP contribution is -2.48. The quantitative estimate of drug-likeness (QED) is 0.867. The summed E-state index contributed by atoms with van der Waals surface area (Å²) in [6.07, 6.45) is 1.49. The summed E-state index contributed by atoms with van der Waals surface area (Å²) in [6.45, 7) is 2.93. The Bertz CT molecular complexity index is 509. The molecule has 21 heavy (non-hydrogen) atoms. The largest absolute Gasteiger partial charge is 0.349 e. The molecule has 1 saturated heterocycles. The molecule has 1 heterocycles. The molecule has 0 bridgehead atoms. The van der Waals surface area contributed by atoms with Crippen LogP contribution in [0.2, 0.25) is 5.02 Å². The number of carbonyl (C=O) groups is 2. The van der Waals surface area contributed by atoms with Crippen molar-refractivity contribution in [2.75, 3.05) is 13.1 Å². The Morgan fingerprint density at radius 2 is 1.81 bits per heavy atom. The minimum atomic E-state index is -0.495. The lowest BCUT2D eigenvalue weighted by molar-refractivity contribution is -0.131. The number of hydrogen-bond donors (Lipinski definition) is 1. The molecule has 1 aromatic carbocycles. The molecule has 114 valence electrons. The molecule has 0 radical (unpaired) electrons. The lowest BCUT2D eigenvalue weighted by atomic mass is 10.0. The molecule has 1 N–H and O–H groups in total. The number of rotatable bonds is 3. The topological polar surface area (TPSA) is 49.4 Å². The van der Waals surface area contributed by atoms with Gasteiger partial charge in [-0.15, -0.1) is 11.6 Å². The number of benzene rings is 1. The van der Waals surface area contributed by atoms with E-state index < -0.39 is 5.38 Å². The second-order valence-corrected chi connectivity index (χ2v) is 6.29. The van der Waals surface area contributed by atoms with E-state index in [-0.39, 0.29) is 17.9 Å². The Hall–Kier alpha value is -1.26. The van der Waals surface area contributed by atoms with E-state index in [1.165, 1.54) is 0 Å². The molecule has 1 unspecified atom stereocenters. The maximum atomic E-state index is 12.1. The van der Waals surface area contributed by atoms with Gasteiger partial charge in [0.05, 0.1) is 0 Å². The molecule has 0 saturated carbocycles. The number of carbonyl (C=O) groups excluding carboxylic acids is 2. The third-order valence-corrected chi connectivity index (χ3v) is 4.03. The van der Waals surface area contributed by atoms with Gasteiger partial charge in [-0.3, -0.25) is 9.59 Å². The average Bonchev–Trinajstić information content (AvgIpc) is 2.47. The Balaban J connectivity index is 1.84. The van der Waals surface area contributed by atoms with Crippen molar-refractivity contribution >= 4 is 35.0 Å². The lowest BCUT2D eigenvalue weighted by Gasteiger charge is -2.33. The standard InChI is InChI=1S/C15H18Cl2N2O2/c1-10(16)15(21)19-8-6-13(7-9-19)18-14(20)11-2-4-12(17)5-3-11/h2-5,10,13H,6-9H2,1H3,(H,18,20). The molecular weight excluding hydrogens is 311 g/mol. The van der Waals surface area contributed by atoms with Gasteiger partial charge in [0.15, 0.2) is 0 Å². The first kappa shape index (κ1) is 16.1. The zero-order chi connectivity index (χ0) is 15.4. The molecule has 1 fully saturated rings. The molecule has 4 nitrogen and oxygen atoms in total. The van der Waals surface area contributed by atoms with Crippen LogP contribution in [-0.2, 0) is 4.79 Å². The number of likely N-dealkylation sites (tertiary alicyclic amines) is 1. The molecule has 2 rings (SSSR count). The van der Waals surface area contributed by atoms with Crippen molar-refractivity contribution in [3.8, 4) is 0 Å². The summed E-state index contributed by atoms with van der Waals surface area (Å²) in [6, 6.07) is 6.87. The summed E-state index contributed by atoms with van der Waals surface area (Å²) in [5.41, 5.74) is 0.590. The van der Waals surface area contributed by atoms with Crippen LogP contribution in [0.15, 0.2) is 24.3 Å². The normalized spacial score (nSPS) is 17.4. The number of hydrogen-bond acceptors (Lipinski definition) is 2. The van der Waals surface area contributed by atoms with Gasteiger partial charge >= 0.3 is 0 Å². The van der Waals surface area contributed by atoms with E-state index in [1.807, 2.05) is 0 Å². The van der Waals surface area contributed by atoms with E-state index in [4.69, 9.17) is 23.2 Å². The van der Waals surface area contributed by atoms with Crippen LogP contribution in [0.4, 0.5) is 0 Å². The maximum Gasteiger partial charge on any atom is 0.251 e. The van der Waals surface area contributed by atoms with Crippen LogP contribution >= 0.6 is 23.2 Å². The van der Waals surface area contributed by atoms with E-state index >= 15 is 0 Å². The summed E-state index contributed by atoms with van der Waals surface area (Å²) in [5.74, 6) is -0.152. The number of nitrogens with zero attached hydrogens (tertiary/aromatic N) is 1. The van der Waals surface area contributed by atoms with Gasteiger partial charge in [-0.2, -0.15) is 0 Å². The summed E-state index contributed by atoms with van der Waals surface area (Å²) in [5, 5.41) is 3.10.